The summed E-state index contributed by atoms with van der Waals surface area (Å²) in [7, 11) is -3.78. The van der Waals surface area contributed by atoms with Crippen molar-refractivity contribution in [3.8, 4) is 0 Å². The summed E-state index contributed by atoms with van der Waals surface area (Å²) in [6.45, 7) is 4.12. The van der Waals surface area contributed by atoms with Gasteiger partial charge in [0.15, 0.2) is 5.76 Å². The van der Waals surface area contributed by atoms with Crippen molar-refractivity contribution in [2.45, 2.75) is 44.0 Å². The highest BCUT2D eigenvalue weighted by atomic mass is 32.2. The maximum absolute atomic E-state index is 12.4. The molecule has 1 saturated heterocycles. The molecule has 1 fully saturated rings. The predicted octanol–water partition coefficient (Wildman–Crippen LogP) is 1.38. The fourth-order valence-corrected chi connectivity index (χ4v) is 4.87. The number of nitrogens with one attached hydrogen (secondary N) is 2. The molecule has 0 aliphatic carbocycles. The molecule has 10 heteroatoms. The minimum Gasteiger partial charge on any atom is -0.360 e. The number of benzene rings is 1. The Kier molecular flexibility index (Phi) is 6.88. The zero-order valence-electron chi connectivity index (χ0n) is 17.1. The standard InChI is InChI=1S/C20H26N4O5S/c1-14-19(15(2)29-23-14)30(27,28)21-11-8-18(25)24-12-9-17(10-13-24)22-20(26)16-6-4-3-5-7-16/h3-7,17,21H,8-13H2,1-2H3,(H,22,26). The van der Waals surface area contributed by atoms with E-state index in [4.69, 9.17) is 4.52 Å². The Balaban J connectivity index is 1.43. The molecule has 0 bridgehead atoms. The molecule has 2 N–H and O–H groups in total. The number of aromatic nitrogens is 1. The Morgan fingerprint density at radius 3 is 2.43 bits per heavy atom. The van der Waals surface area contributed by atoms with Gasteiger partial charge < -0.3 is 14.7 Å². The normalized spacial score (nSPS) is 15.2. The van der Waals surface area contributed by atoms with E-state index in [1.807, 2.05) is 18.2 Å². The molecular weight excluding hydrogens is 408 g/mol. The van der Waals surface area contributed by atoms with Crippen LogP contribution in [0.3, 0.4) is 0 Å². The van der Waals surface area contributed by atoms with Gasteiger partial charge in [-0.05, 0) is 38.8 Å². The molecule has 2 aromatic rings. The lowest BCUT2D eigenvalue weighted by molar-refractivity contribution is -0.132. The lowest BCUT2D eigenvalue weighted by Gasteiger charge is -2.32. The van der Waals surface area contributed by atoms with Crippen LogP contribution in [0.1, 0.15) is 41.1 Å². The maximum atomic E-state index is 12.4. The topological polar surface area (TPSA) is 122 Å². The van der Waals surface area contributed by atoms with Crippen LogP contribution in [0.15, 0.2) is 39.8 Å². The molecular formula is C20H26N4O5S. The van der Waals surface area contributed by atoms with Gasteiger partial charge >= 0.3 is 0 Å². The van der Waals surface area contributed by atoms with Crippen LogP contribution in [-0.4, -0.2) is 56.0 Å². The summed E-state index contributed by atoms with van der Waals surface area (Å²) in [5, 5.41) is 6.65. The van der Waals surface area contributed by atoms with Crippen LogP contribution in [0.5, 0.6) is 0 Å². The summed E-state index contributed by atoms with van der Waals surface area (Å²) in [5.41, 5.74) is 0.896. The molecule has 0 saturated carbocycles. The van der Waals surface area contributed by atoms with Crippen molar-refractivity contribution in [1.29, 1.82) is 0 Å². The van der Waals surface area contributed by atoms with Gasteiger partial charge in [-0.2, -0.15) is 0 Å². The fraction of sp³-hybridized carbons (Fsp3) is 0.450. The largest absolute Gasteiger partial charge is 0.360 e. The molecule has 0 atom stereocenters. The third kappa shape index (κ3) is 5.25. The van der Waals surface area contributed by atoms with Crippen LogP contribution in [0.4, 0.5) is 0 Å². The van der Waals surface area contributed by atoms with Crippen molar-refractivity contribution in [3.05, 3.63) is 47.3 Å². The average Bonchev–Trinajstić information content (AvgIpc) is 3.08. The molecule has 1 aromatic carbocycles. The number of hydrogen-bond donors (Lipinski definition) is 2. The van der Waals surface area contributed by atoms with E-state index in [-0.39, 0.29) is 47.2 Å². The Morgan fingerprint density at radius 2 is 1.83 bits per heavy atom. The quantitative estimate of drug-likeness (QED) is 0.679. The Morgan fingerprint density at radius 1 is 1.17 bits per heavy atom. The molecule has 1 aliphatic rings. The fourth-order valence-electron chi connectivity index (χ4n) is 3.51. The third-order valence-corrected chi connectivity index (χ3v) is 6.79. The van der Waals surface area contributed by atoms with Gasteiger partial charge in [0, 0.05) is 37.7 Å². The van der Waals surface area contributed by atoms with Gasteiger partial charge in [-0.3, -0.25) is 9.59 Å². The molecule has 3 rings (SSSR count). The summed E-state index contributed by atoms with van der Waals surface area (Å²) < 4.78 is 32.1. The first-order valence-electron chi connectivity index (χ1n) is 9.84. The number of nitrogens with zero attached hydrogens (tertiary/aromatic N) is 2. The van der Waals surface area contributed by atoms with Crippen molar-refractivity contribution >= 4 is 21.8 Å². The second-order valence-corrected chi connectivity index (χ2v) is 9.00. The van der Waals surface area contributed by atoms with Crippen LogP contribution < -0.4 is 10.0 Å². The second-order valence-electron chi connectivity index (χ2n) is 7.30. The number of likely N-dealkylation sites (tertiary alicyclic amines) is 1. The van der Waals surface area contributed by atoms with Crippen LogP contribution in [-0.2, 0) is 14.8 Å². The number of rotatable bonds is 7. The monoisotopic (exact) mass is 434 g/mol. The van der Waals surface area contributed by atoms with E-state index in [1.54, 1.807) is 24.0 Å². The number of piperidine rings is 1. The minimum atomic E-state index is -3.78. The predicted molar refractivity (Wildman–Crippen MR) is 109 cm³/mol. The summed E-state index contributed by atoms with van der Waals surface area (Å²) in [4.78, 5) is 26.4. The Hall–Kier alpha value is -2.72. The van der Waals surface area contributed by atoms with Gasteiger partial charge in [-0.1, -0.05) is 23.4 Å². The van der Waals surface area contributed by atoms with Gasteiger partial charge in [-0.15, -0.1) is 0 Å². The van der Waals surface area contributed by atoms with Gasteiger partial charge in [0.2, 0.25) is 15.9 Å². The van der Waals surface area contributed by atoms with Crippen molar-refractivity contribution in [1.82, 2.24) is 20.1 Å². The van der Waals surface area contributed by atoms with Crippen molar-refractivity contribution < 1.29 is 22.5 Å². The van der Waals surface area contributed by atoms with Crippen LogP contribution in [0.25, 0.3) is 0 Å². The van der Waals surface area contributed by atoms with E-state index < -0.39 is 10.0 Å². The number of carbonyl (C=O) groups is 2. The summed E-state index contributed by atoms with van der Waals surface area (Å²) in [6.07, 6.45) is 1.38. The minimum absolute atomic E-state index is 0.00407. The third-order valence-electron chi connectivity index (χ3n) is 5.09. The zero-order valence-corrected chi connectivity index (χ0v) is 17.9. The van der Waals surface area contributed by atoms with Gasteiger partial charge in [0.05, 0.1) is 0 Å². The molecule has 0 radical (unpaired) electrons. The molecule has 162 valence electrons. The second kappa shape index (κ2) is 9.40. The molecule has 0 unspecified atom stereocenters. The molecule has 1 aromatic heterocycles. The Bertz CT molecular complexity index is 976. The molecule has 9 nitrogen and oxygen atoms in total. The lowest BCUT2D eigenvalue weighted by Crippen LogP contribution is -2.47. The molecule has 0 spiro atoms. The number of hydrogen-bond acceptors (Lipinski definition) is 6. The highest BCUT2D eigenvalue weighted by molar-refractivity contribution is 7.89. The zero-order chi connectivity index (χ0) is 21.7. The van der Waals surface area contributed by atoms with Crippen molar-refractivity contribution in [2.24, 2.45) is 0 Å². The smallest absolute Gasteiger partial charge is 0.251 e. The number of amides is 2. The van der Waals surface area contributed by atoms with Gasteiger partial charge in [-0.25, -0.2) is 13.1 Å². The first-order valence-corrected chi connectivity index (χ1v) is 11.3. The SMILES string of the molecule is Cc1noc(C)c1S(=O)(=O)NCCC(=O)N1CCC(NC(=O)c2ccccc2)CC1. The van der Waals surface area contributed by atoms with Crippen molar-refractivity contribution in [2.75, 3.05) is 19.6 Å². The highest BCUT2D eigenvalue weighted by Gasteiger charge is 2.26. The first-order chi connectivity index (χ1) is 14.3. The van der Waals surface area contributed by atoms with E-state index >= 15 is 0 Å². The van der Waals surface area contributed by atoms with E-state index in [1.165, 1.54) is 6.92 Å². The maximum Gasteiger partial charge on any atom is 0.251 e. The highest BCUT2D eigenvalue weighted by Crippen LogP contribution is 2.18. The van der Waals surface area contributed by atoms with E-state index in [2.05, 4.69) is 15.2 Å². The number of aryl methyl sites for hydroxylation is 2. The summed E-state index contributed by atoms with van der Waals surface area (Å²) in [5.74, 6) is -0.0237. The summed E-state index contributed by atoms with van der Waals surface area (Å²) >= 11 is 0. The van der Waals surface area contributed by atoms with Crippen LogP contribution >= 0.6 is 0 Å². The Labute approximate surface area is 175 Å². The molecule has 2 heterocycles. The summed E-state index contributed by atoms with van der Waals surface area (Å²) in [6, 6.07) is 9.02. The van der Waals surface area contributed by atoms with Crippen LogP contribution in [0.2, 0.25) is 0 Å². The van der Waals surface area contributed by atoms with Gasteiger partial charge in [0.25, 0.3) is 5.91 Å². The van der Waals surface area contributed by atoms with Gasteiger partial charge in [0.1, 0.15) is 10.6 Å². The number of sulfonamides is 1. The van der Waals surface area contributed by atoms with E-state index in [0.717, 1.165) is 0 Å². The molecule has 2 amide bonds. The number of carbonyl (C=O) groups excluding carboxylic acids is 2. The lowest BCUT2D eigenvalue weighted by atomic mass is 10.0. The molecule has 1 aliphatic heterocycles. The van der Waals surface area contributed by atoms with E-state index in [0.29, 0.717) is 31.5 Å². The van der Waals surface area contributed by atoms with E-state index in [9.17, 15) is 18.0 Å². The first kappa shape index (κ1) is 22.0. The van der Waals surface area contributed by atoms with Crippen molar-refractivity contribution in [3.63, 3.8) is 0 Å². The molecule has 30 heavy (non-hydrogen) atoms. The average molecular weight is 435 g/mol. The van der Waals surface area contributed by atoms with Crippen LogP contribution in [0, 0.1) is 13.8 Å².